The van der Waals surface area contributed by atoms with Gasteiger partial charge in [0.05, 0.1) is 11.6 Å². The van der Waals surface area contributed by atoms with Crippen molar-refractivity contribution < 1.29 is 0 Å². The maximum Gasteiger partial charge on any atom is 0.0991 e. The van der Waals surface area contributed by atoms with Crippen molar-refractivity contribution in [2.75, 3.05) is 0 Å². The lowest BCUT2D eigenvalue weighted by Crippen LogP contribution is -1.99. The molecule has 0 aromatic heterocycles. The van der Waals surface area contributed by atoms with E-state index < -0.39 is 0 Å². The Bertz CT molecular complexity index is 591. The second-order valence-electron chi connectivity index (χ2n) is 4.28. The van der Waals surface area contributed by atoms with Crippen molar-refractivity contribution in [2.24, 2.45) is 0 Å². The van der Waals surface area contributed by atoms with Crippen LogP contribution in [-0.2, 0) is 13.1 Å². The molecular weight excluding hydrogens is 208 g/mol. The molecule has 82 valence electrons. The number of rotatable bonds is 1. The third-order valence-corrected chi connectivity index (χ3v) is 3.18. The molecule has 3 rings (SSSR count). The van der Waals surface area contributed by atoms with Crippen molar-refractivity contribution in [3.05, 3.63) is 59.2 Å². The van der Waals surface area contributed by atoms with Crippen molar-refractivity contribution in [1.82, 2.24) is 5.32 Å². The summed E-state index contributed by atoms with van der Waals surface area (Å²) in [6, 6.07) is 16.4. The molecule has 2 aromatic rings. The summed E-state index contributed by atoms with van der Waals surface area (Å²) in [4.78, 5) is 0. The normalized spacial score (nSPS) is 13.1. The van der Waals surface area contributed by atoms with Crippen LogP contribution in [0.25, 0.3) is 11.1 Å². The molecule has 2 aromatic carbocycles. The molecule has 0 fully saturated rings. The molecule has 1 N–H and O–H groups in total. The van der Waals surface area contributed by atoms with E-state index in [1.54, 1.807) is 0 Å². The van der Waals surface area contributed by atoms with Gasteiger partial charge in [-0.05, 0) is 40.5 Å². The fourth-order valence-electron chi connectivity index (χ4n) is 2.21. The lowest BCUT2D eigenvalue weighted by molar-refractivity contribution is 0.765. The van der Waals surface area contributed by atoms with Crippen molar-refractivity contribution in [3.8, 4) is 17.2 Å². The third-order valence-electron chi connectivity index (χ3n) is 3.18. The summed E-state index contributed by atoms with van der Waals surface area (Å²) in [5.74, 6) is 0. The summed E-state index contributed by atoms with van der Waals surface area (Å²) in [7, 11) is 0. The molecule has 0 amide bonds. The van der Waals surface area contributed by atoms with E-state index in [0.717, 1.165) is 13.1 Å². The van der Waals surface area contributed by atoms with Gasteiger partial charge in [-0.1, -0.05) is 24.3 Å². The monoisotopic (exact) mass is 220 g/mol. The first-order valence-electron chi connectivity index (χ1n) is 5.70. The van der Waals surface area contributed by atoms with Gasteiger partial charge in [0.25, 0.3) is 0 Å². The van der Waals surface area contributed by atoms with Crippen LogP contribution < -0.4 is 5.32 Å². The van der Waals surface area contributed by atoms with Crippen LogP contribution in [0, 0.1) is 11.3 Å². The minimum Gasteiger partial charge on any atom is -0.309 e. The molecule has 0 bridgehead atoms. The zero-order chi connectivity index (χ0) is 11.7. The van der Waals surface area contributed by atoms with Crippen LogP contribution in [0.1, 0.15) is 16.7 Å². The summed E-state index contributed by atoms with van der Waals surface area (Å²) in [5.41, 5.74) is 5.86. The first kappa shape index (κ1) is 10.1. The summed E-state index contributed by atoms with van der Waals surface area (Å²) in [6.07, 6.45) is 0. The molecule has 0 aliphatic carbocycles. The fraction of sp³-hybridized carbons (Fsp3) is 0.133. The predicted octanol–water partition coefficient (Wildman–Crippen LogP) is 2.83. The summed E-state index contributed by atoms with van der Waals surface area (Å²) in [6.45, 7) is 1.93. The van der Waals surface area contributed by atoms with Gasteiger partial charge in [-0.15, -0.1) is 0 Å². The van der Waals surface area contributed by atoms with E-state index in [1.165, 1.54) is 22.3 Å². The van der Waals surface area contributed by atoms with Gasteiger partial charge in [0.2, 0.25) is 0 Å². The Morgan fingerprint density at radius 2 is 1.59 bits per heavy atom. The number of hydrogen-bond acceptors (Lipinski definition) is 2. The predicted molar refractivity (Wildman–Crippen MR) is 67.1 cm³/mol. The summed E-state index contributed by atoms with van der Waals surface area (Å²) >= 11 is 0. The van der Waals surface area contributed by atoms with Crippen LogP contribution in [-0.4, -0.2) is 0 Å². The first-order chi connectivity index (χ1) is 8.36. The lowest BCUT2D eigenvalue weighted by Gasteiger charge is -2.04. The molecule has 0 unspecified atom stereocenters. The zero-order valence-corrected chi connectivity index (χ0v) is 9.40. The van der Waals surface area contributed by atoms with E-state index in [2.05, 4.69) is 29.6 Å². The highest BCUT2D eigenvalue weighted by Crippen LogP contribution is 2.25. The van der Waals surface area contributed by atoms with E-state index in [-0.39, 0.29) is 0 Å². The molecule has 1 aliphatic heterocycles. The second kappa shape index (κ2) is 4.04. The Morgan fingerprint density at radius 1 is 0.882 bits per heavy atom. The van der Waals surface area contributed by atoms with E-state index in [9.17, 15) is 0 Å². The van der Waals surface area contributed by atoms with Crippen LogP contribution in [0.15, 0.2) is 42.5 Å². The second-order valence-corrected chi connectivity index (χ2v) is 4.28. The van der Waals surface area contributed by atoms with Gasteiger partial charge in [0, 0.05) is 13.1 Å². The van der Waals surface area contributed by atoms with Crippen molar-refractivity contribution in [2.45, 2.75) is 13.1 Å². The van der Waals surface area contributed by atoms with E-state index in [4.69, 9.17) is 5.26 Å². The number of fused-ring (bicyclic) bond motifs is 1. The Balaban J connectivity index is 2.01. The van der Waals surface area contributed by atoms with Gasteiger partial charge in [0.15, 0.2) is 0 Å². The standard InChI is InChI=1S/C15H12N2/c16-8-11-1-3-12(4-2-11)13-5-6-14-9-17-10-15(14)7-13/h1-7,17H,9-10H2. The van der Waals surface area contributed by atoms with Crippen LogP contribution in [0.2, 0.25) is 0 Å². The molecule has 2 nitrogen and oxygen atoms in total. The lowest BCUT2D eigenvalue weighted by atomic mass is 10.00. The summed E-state index contributed by atoms with van der Waals surface area (Å²) in [5, 5.41) is 12.1. The molecule has 17 heavy (non-hydrogen) atoms. The highest BCUT2D eigenvalue weighted by atomic mass is 14.9. The molecule has 2 heteroatoms. The minimum absolute atomic E-state index is 0.705. The molecule has 1 aliphatic rings. The molecule has 0 atom stereocenters. The zero-order valence-electron chi connectivity index (χ0n) is 9.40. The van der Waals surface area contributed by atoms with E-state index in [1.807, 2.05) is 24.3 Å². The Kier molecular flexibility index (Phi) is 2.40. The largest absolute Gasteiger partial charge is 0.309 e. The molecule has 1 heterocycles. The maximum absolute atomic E-state index is 8.77. The van der Waals surface area contributed by atoms with E-state index in [0.29, 0.717) is 5.56 Å². The van der Waals surface area contributed by atoms with Crippen molar-refractivity contribution in [1.29, 1.82) is 5.26 Å². The highest BCUT2D eigenvalue weighted by Gasteiger charge is 2.10. The SMILES string of the molecule is N#Cc1ccc(-c2ccc3c(c2)CNC3)cc1. The number of nitriles is 1. The van der Waals surface area contributed by atoms with Crippen LogP contribution in [0.3, 0.4) is 0 Å². The number of benzene rings is 2. The molecular formula is C15H12N2. The Hall–Kier alpha value is -2.11. The quantitative estimate of drug-likeness (QED) is 0.802. The fourth-order valence-corrected chi connectivity index (χ4v) is 2.21. The Labute approximate surface area is 101 Å². The number of nitrogens with one attached hydrogen (secondary N) is 1. The molecule has 0 spiro atoms. The van der Waals surface area contributed by atoms with Crippen molar-refractivity contribution >= 4 is 0 Å². The van der Waals surface area contributed by atoms with Gasteiger partial charge in [-0.3, -0.25) is 0 Å². The van der Waals surface area contributed by atoms with Gasteiger partial charge in [0.1, 0.15) is 0 Å². The van der Waals surface area contributed by atoms with Gasteiger partial charge < -0.3 is 5.32 Å². The maximum atomic E-state index is 8.77. The number of hydrogen-bond donors (Lipinski definition) is 1. The van der Waals surface area contributed by atoms with Gasteiger partial charge in [-0.25, -0.2) is 0 Å². The van der Waals surface area contributed by atoms with Gasteiger partial charge >= 0.3 is 0 Å². The smallest absolute Gasteiger partial charge is 0.0991 e. The molecule has 0 saturated carbocycles. The third kappa shape index (κ3) is 1.82. The van der Waals surface area contributed by atoms with Gasteiger partial charge in [-0.2, -0.15) is 5.26 Å². The molecule has 0 saturated heterocycles. The van der Waals surface area contributed by atoms with Crippen molar-refractivity contribution in [3.63, 3.8) is 0 Å². The van der Waals surface area contributed by atoms with E-state index >= 15 is 0 Å². The minimum atomic E-state index is 0.705. The van der Waals surface area contributed by atoms with Crippen LogP contribution in [0.4, 0.5) is 0 Å². The topological polar surface area (TPSA) is 35.8 Å². The average Bonchev–Trinajstić information content (AvgIpc) is 2.86. The first-order valence-corrected chi connectivity index (χ1v) is 5.70. The Morgan fingerprint density at radius 3 is 2.35 bits per heavy atom. The molecule has 0 radical (unpaired) electrons. The summed E-state index contributed by atoms with van der Waals surface area (Å²) < 4.78 is 0. The van der Waals surface area contributed by atoms with Crippen LogP contribution >= 0.6 is 0 Å². The average molecular weight is 220 g/mol. The van der Waals surface area contributed by atoms with Crippen LogP contribution in [0.5, 0.6) is 0 Å². The highest BCUT2D eigenvalue weighted by molar-refractivity contribution is 5.66. The number of nitrogens with zero attached hydrogens (tertiary/aromatic N) is 1.